The fourth-order valence-electron chi connectivity index (χ4n) is 3.84. The van der Waals surface area contributed by atoms with Crippen LogP contribution in [0.3, 0.4) is 0 Å². The Bertz CT molecular complexity index is 1210. The second-order valence-electron chi connectivity index (χ2n) is 7.58. The number of imidazole rings is 1. The predicted molar refractivity (Wildman–Crippen MR) is 124 cm³/mol. The maximum absolute atomic E-state index is 13.0. The summed E-state index contributed by atoms with van der Waals surface area (Å²) in [6.45, 7) is 4.02. The van der Waals surface area contributed by atoms with Gasteiger partial charge in [0.25, 0.3) is 0 Å². The Hall–Kier alpha value is -3.53. The van der Waals surface area contributed by atoms with Gasteiger partial charge >= 0.3 is 0 Å². The molecule has 1 saturated heterocycles. The third-order valence-electron chi connectivity index (χ3n) is 5.42. The van der Waals surface area contributed by atoms with Gasteiger partial charge < -0.3 is 15.0 Å². The minimum atomic E-state index is -0.134. The van der Waals surface area contributed by atoms with E-state index in [0.29, 0.717) is 24.1 Å². The van der Waals surface area contributed by atoms with Crippen LogP contribution < -0.4 is 15.0 Å². The first-order valence-corrected chi connectivity index (χ1v) is 11.4. The molecule has 0 bridgehead atoms. The lowest BCUT2D eigenvalue weighted by molar-refractivity contribution is -0.120. The molecule has 5 rings (SSSR count). The number of benzene rings is 1. The summed E-state index contributed by atoms with van der Waals surface area (Å²) in [5.74, 6) is 2.15. The highest BCUT2D eigenvalue weighted by molar-refractivity contribution is 7.22. The van der Waals surface area contributed by atoms with Gasteiger partial charge in [0.2, 0.25) is 5.91 Å². The topological polar surface area (TPSA) is 98.1 Å². The Labute approximate surface area is 189 Å². The lowest BCUT2D eigenvalue weighted by Crippen LogP contribution is -2.41. The number of rotatable bonds is 6. The number of hydrogen-bond acceptors (Lipinski definition) is 8. The summed E-state index contributed by atoms with van der Waals surface area (Å²) >= 11 is 1.46. The summed E-state index contributed by atoms with van der Waals surface area (Å²) in [5.41, 5.74) is 0.854. The van der Waals surface area contributed by atoms with E-state index >= 15 is 0 Å². The van der Waals surface area contributed by atoms with Gasteiger partial charge in [-0.05, 0) is 50.1 Å². The molecule has 1 unspecified atom stereocenters. The van der Waals surface area contributed by atoms with Gasteiger partial charge in [0, 0.05) is 25.5 Å². The maximum Gasteiger partial charge on any atom is 0.231 e. The summed E-state index contributed by atoms with van der Waals surface area (Å²) in [6.07, 6.45) is 6.96. The van der Waals surface area contributed by atoms with Crippen molar-refractivity contribution in [2.24, 2.45) is 5.92 Å². The standard InChI is InChI=1S/C22H23N7O2S/c1-2-31-16-5-6-17-18(12-16)32-22(24-17)25-21(30)15-4-3-10-28(13-15)19-7-8-20(27-26-19)29-11-9-23-14-29/h5-9,11-12,14-15H,2-4,10,13H2,1H3,(H,24,25,30). The zero-order valence-corrected chi connectivity index (χ0v) is 18.5. The van der Waals surface area contributed by atoms with Crippen LogP contribution in [0.25, 0.3) is 16.0 Å². The van der Waals surface area contributed by atoms with Crippen molar-refractivity contribution in [3.05, 3.63) is 49.1 Å². The van der Waals surface area contributed by atoms with Gasteiger partial charge in [0.1, 0.15) is 12.1 Å². The van der Waals surface area contributed by atoms with Crippen molar-refractivity contribution in [2.75, 3.05) is 29.9 Å². The van der Waals surface area contributed by atoms with Crippen LogP contribution >= 0.6 is 11.3 Å². The van der Waals surface area contributed by atoms with Gasteiger partial charge in [-0.25, -0.2) is 9.97 Å². The number of nitrogens with one attached hydrogen (secondary N) is 1. The van der Waals surface area contributed by atoms with E-state index in [1.807, 2.05) is 43.5 Å². The number of thiazole rings is 1. The molecule has 4 aromatic rings. The van der Waals surface area contributed by atoms with Crippen molar-refractivity contribution >= 4 is 38.4 Å². The first-order valence-electron chi connectivity index (χ1n) is 10.6. The van der Waals surface area contributed by atoms with E-state index in [1.54, 1.807) is 17.1 Å². The SMILES string of the molecule is CCOc1ccc2nc(NC(=O)C3CCCN(c4ccc(-n5ccnc5)nn4)C3)sc2c1. The van der Waals surface area contributed by atoms with Crippen molar-refractivity contribution in [2.45, 2.75) is 19.8 Å². The number of anilines is 2. The quantitative estimate of drug-likeness (QED) is 0.481. The molecule has 1 atom stereocenters. The lowest BCUT2D eigenvalue weighted by atomic mass is 9.97. The van der Waals surface area contributed by atoms with Crippen LogP contribution in [0, 0.1) is 5.92 Å². The molecule has 3 aromatic heterocycles. The molecule has 1 aromatic carbocycles. The van der Waals surface area contributed by atoms with E-state index in [0.717, 1.165) is 41.2 Å². The summed E-state index contributed by atoms with van der Waals surface area (Å²) < 4.78 is 8.35. The van der Waals surface area contributed by atoms with Crippen molar-refractivity contribution in [1.82, 2.24) is 24.7 Å². The van der Waals surface area contributed by atoms with Crippen LogP contribution in [0.5, 0.6) is 5.75 Å². The van der Waals surface area contributed by atoms with Crippen LogP contribution in [0.4, 0.5) is 10.9 Å². The molecular formula is C22H23N7O2S. The van der Waals surface area contributed by atoms with Crippen molar-refractivity contribution in [3.8, 4) is 11.6 Å². The second-order valence-corrected chi connectivity index (χ2v) is 8.61. The lowest BCUT2D eigenvalue weighted by Gasteiger charge is -2.32. The van der Waals surface area contributed by atoms with Gasteiger partial charge in [0.05, 0.1) is 22.7 Å². The molecule has 0 radical (unpaired) electrons. The smallest absolute Gasteiger partial charge is 0.231 e. The molecule has 164 valence electrons. The van der Waals surface area contributed by atoms with Gasteiger partial charge in [-0.1, -0.05) is 11.3 Å². The number of carbonyl (C=O) groups excluding carboxylic acids is 1. The van der Waals surface area contributed by atoms with Crippen LogP contribution in [0.2, 0.25) is 0 Å². The zero-order chi connectivity index (χ0) is 21.9. The molecule has 1 aliphatic heterocycles. The van der Waals surface area contributed by atoms with E-state index in [4.69, 9.17) is 4.74 Å². The monoisotopic (exact) mass is 449 g/mol. The minimum Gasteiger partial charge on any atom is -0.494 e. The van der Waals surface area contributed by atoms with Crippen molar-refractivity contribution in [1.29, 1.82) is 0 Å². The summed E-state index contributed by atoms with van der Waals surface area (Å²) in [5, 5.41) is 12.3. The molecule has 1 fully saturated rings. The summed E-state index contributed by atoms with van der Waals surface area (Å²) in [7, 11) is 0. The molecule has 32 heavy (non-hydrogen) atoms. The number of hydrogen-bond donors (Lipinski definition) is 1. The highest BCUT2D eigenvalue weighted by Crippen LogP contribution is 2.30. The van der Waals surface area contributed by atoms with Crippen LogP contribution in [0.1, 0.15) is 19.8 Å². The molecular weight excluding hydrogens is 426 g/mol. The van der Waals surface area contributed by atoms with Crippen molar-refractivity contribution in [3.63, 3.8) is 0 Å². The molecule has 4 heterocycles. The van der Waals surface area contributed by atoms with E-state index < -0.39 is 0 Å². The largest absolute Gasteiger partial charge is 0.494 e. The number of aromatic nitrogens is 5. The second kappa shape index (κ2) is 8.91. The first kappa shape index (κ1) is 20.4. The number of nitrogens with zero attached hydrogens (tertiary/aromatic N) is 6. The van der Waals surface area contributed by atoms with Crippen LogP contribution in [0.15, 0.2) is 49.1 Å². The van der Waals surface area contributed by atoms with Gasteiger partial charge in [0.15, 0.2) is 16.8 Å². The first-order chi connectivity index (χ1) is 15.7. The highest BCUT2D eigenvalue weighted by Gasteiger charge is 2.27. The maximum atomic E-state index is 13.0. The molecule has 9 nitrogen and oxygen atoms in total. The molecule has 1 amide bonds. The molecule has 0 saturated carbocycles. The molecule has 0 spiro atoms. The Morgan fingerprint density at radius 3 is 2.91 bits per heavy atom. The Kier molecular flexibility index (Phi) is 5.68. The minimum absolute atomic E-state index is 0.0122. The zero-order valence-electron chi connectivity index (χ0n) is 17.6. The predicted octanol–water partition coefficient (Wildman–Crippen LogP) is 3.53. The fourth-order valence-corrected chi connectivity index (χ4v) is 4.74. The van der Waals surface area contributed by atoms with E-state index in [1.165, 1.54) is 11.3 Å². The fraction of sp³-hybridized carbons (Fsp3) is 0.318. The average molecular weight is 450 g/mol. The van der Waals surface area contributed by atoms with Gasteiger partial charge in [-0.3, -0.25) is 9.36 Å². The third kappa shape index (κ3) is 4.26. The summed E-state index contributed by atoms with van der Waals surface area (Å²) in [4.78, 5) is 23.7. The van der Waals surface area contributed by atoms with E-state index in [9.17, 15) is 4.79 Å². The van der Waals surface area contributed by atoms with E-state index in [2.05, 4.69) is 30.4 Å². The highest BCUT2D eigenvalue weighted by atomic mass is 32.1. The average Bonchev–Trinajstić information content (AvgIpc) is 3.49. The molecule has 1 N–H and O–H groups in total. The third-order valence-corrected chi connectivity index (χ3v) is 6.36. The molecule has 1 aliphatic rings. The van der Waals surface area contributed by atoms with Crippen molar-refractivity contribution < 1.29 is 9.53 Å². The van der Waals surface area contributed by atoms with Crippen LogP contribution in [-0.4, -0.2) is 50.3 Å². The normalized spacial score (nSPS) is 16.3. The van der Waals surface area contributed by atoms with Gasteiger partial charge in [-0.15, -0.1) is 10.2 Å². The number of fused-ring (bicyclic) bond motifs is 1. The number of ether oxygens (including phenoxy) is 1. The number of piperidine rings is 1. The van der Waals surface area contributed by atoms with E-state index in [-0.39, 0.29) is 11.8 Å². The van der Waals surface area contributed by atoms with Gasteiger partial charge in [-0.2, -0.15) is 0 Å². The van der Waals surface area contributed by atoms with Crippen LogP contribution in [-0.2, 0) is 4.79 Å². The molecule has 10 heteroatoms. The number of amides is 1. The molecule has 0 aliphatic carbocycles. The summed E-state index contributed by atoms with van der Waals surface area (Å²) in [6, 6.07) is 9.62. The Morgan fingerprint density at radius 2 is 2.12 bits per heavy atom. The Morgan fingerprint density at radius 1 is 1.25 bits per heavy atom. The Balaban J connectivity index is 1.25. The number of carbonyl (C=O) groups is 1.